The van der Waals surface area contributed by atoms with Gasteiger partial charge in [-0.1, -0.05) is 6.07 Å². The molecule has 2 nitrogen and oxygen atoms in total. The first-order valence-electron chi connectivity index (χ1n) is 3.71. The number of hydrogen-bond acceptors (Lipinski definition) is 2. The van der Waals surface area contributed by atoms with E-state index in [1.165, 1.54) is 12.1 Å². The van der Waals surface area contributed by atoms with Gasteiger partial charge in [0.05, 0.1) is 18.9 Å². The zero-order chi connectivity index (χ0) is 8.55. The molecule has 0 spiro atoms. The van der Waals surface area contributed by atoms with E-state index in [0.29, 0.717) is 17.9 Å². The number of halogens is 1. The van der Waals surface area contributed by atoms with Crippen LogP contribution >= 0.6 is 0 Å². The van der Waals surface area contributed by atoms with Crippen molar-refractivity contribution in [2.24, 2.45) is 0 Å². The molecule has 3 heteroatoms. The van der Waals surface area contributed by atoms with E-state index < -0.39 is 0 Å². The van der Waals surface area contributed by atoms with Crippen molar-refractivity contribution in [2.45, 2.75) is 6.61 Å². The van der Waals surface area contributed by atoms with E-state index in [4.69, 9.17) is 10.1 Å². The van der Waals surface area contributed by atoms with Gasteiger partial charge in [0.1, 0.15) is 5.82 Å². The summed E-state index contributed by atoms with van der Waals surface area (Å²) in [6.45, 7) is 0.772. The molecular formula is C9H8FNO. The largest absolute Gasteiger partial charge is 0.370 e. The summed E-state index contributed by atoms with van der Waals surface area (Å²) in [5, 5.41) is 7.48. The molecule has 0 fully saturated rings. The lowest BCUT2D eigenvalue weighted by molar-refractivity contribution is 0.151. The van der Waals surface area contributed by atoms with Crippen LogP contribution < -0.4 is 0 Å². The van der Waals surface area contributed by atoms with Crippen LogP contribution in [0.3, 0.4) is 0 Å². The number of benzene rings is 1. The Morgan fingerprint density at radius 2 is 2.17 bits per heavy atom. The van der Waals surface area contributed by atoms with Crippen molar-refractivity contribution in [2.75, 3.05) is 6.61 Å². The van der Waals surface area contributed by atoms with Crippen LogP contribution in [0.2, 0.25) is 0 Å². The molecule has 2 rings (SSSR count). The normalized spacial score (nSPS) is 15.9. The molecule has 1 aliphatic heterocycles. The summed E-state index contributed by atoms with van der Waals surface area (Å²) in [7, 11) is 0. The van der Waals surface area contributed by atoms with Crippen LogP contribution in [0.5, 0.6) is 0 Å². The lowest BCUT2D eigenvalue weighted by atomic mass is 10.0. The highest BCUT2D eigenvalue weighted by atomic mass is 19.1. The van der Waals surface area contributed by atoms with Crippen LogP contribution in [-0.4, -0.2) is 12.3 Å². The van der Waals surface area contributed by atoms with E-state index in [0.717, 1.165) is 5.56 Å². The Morgan fingerprint density at radius 1 is 1.33 bits per heavy atom. The van der Waals surface area contributed by atoms with Gasteiger partial charge in [-0.2, -0.15) is 0 Å². The van der Waals surface area contributed by atoms with Crippen molar-refractivity contribution >= 4 is 5.71 Å². The second-order valence-electron chi connectivity index (χ2n) is 2.77. The minimum absolute atomic E-state index is 0.288. The standard InChI is InChI=1S/C9H8FNO/c10-7-2-1-6-4-12-5-9(11)8(6)3-7/h1-3,11H,4-5H2. The van der Waals surface area contributed by atoms with Gasteiger partial charge in [0.15, 0.2) is 0 Å². The summed E-state index contributed by atoms with van der Waals surface area (Å²) in [6.07, 6.45) is 0. The van der Waals surface area contributed by atoms with Gasteiger partial charge in [-0.15, -0.1) is 0 Å². The van der Waals surface area contributed by atoms with Crippen LogP contribution in [0, 0.1) is 11.2 Å². The van der Waals surface area contributed by atoms with E-state index in [1.807, 2.05) is 0 Å². The third-order valence-electron chi connectivity index (χ3n) is 1.90. The number of rotatable bonds is 0. The van der Waals surface area contributed by atoms with E-state index in [9.17, 15) is 4.39 Å². The molecule has 0 unspecified atom stereocenters. The third-order valence-corrected chi connectivity index (χ3v) is 1.90. The van der Waals surface area contributed by atoms with Crippen LogP contribution in [0.4, 0.5) is 4.39 Å². The zero-order valence-corrected chi connectivity index (χ0v) is 6.43. The van der Waals surface area contributed by atoms with Crippen LogP contribution in [0.25, 0.3) is 0 Å². The maximum Gasteiger partial charge on any atom is 0.123 e. The highest BCUT2D eigenvalue weighted by Gasteiger charge is 2.14. The van der Waals surface area contributed by atoms with Crippen LogP contribution in [-0.2, 0) is 11.3 Å². The lowest BCUT2D eigenvalue weighted by Gasteiger charge is -2.16. The summed E-state index contributed by atoms with van der Waals surface area (Å²) in [4.78, 5) is 0. The average molecular weight is 165 g/mol. The Bertz CT molecular complexity index is 335. The molecule has 1 N–H and O–H groups in total. The monoisotopic (exact) mass is 165 g/mol. The van der Waals surface area contributed by atoms with Gasteiger partial charge in [-0.3, -0.25) is 0 Å². The van der Waals surface area contributed by atoms with Gasteiger partial charge in [-0.05, 0) is 17.7 Å². The quantitative estimate of drug-likeness (QED) is 0.623. The van der Waals surface area contributed by atoms with Crippen molar-refractivity contribution in [3.8, 4) is 0 Å². The van der Waals surface area contributed by atoms with Crippen molar-refractivity contribution in [3.05, 3.63) is 35.1 Å². The van der Waals surface area contributed by atoms with Gasteiger partial charge in [0, 0.05) is 5.56 Å². The summed E-state index contributed by atoms with van der Waals surface area (Å²) >= 11 is 0. The molecule has 1 aliphatic rings. The molecule has 0 saturated carbocycles. The number of ether oxygens (including phenoxy) is 1. The molecule has 1 aromatic rings. The fourth-order valence-electron chi connectivity index (χ4n) is 1.30. The SMILES string of the molecule is N=C1COCc2ccc(F)cc21. The lowest BCUT2D eigenvalue weighted by Crippen LogP contribution is -2.18. The molecule has 0 amide bonds. The fourth-order valence-corrected chi connectivity index (χ4v) is 1.30. The fraction of sp³-hybridized carbons (Fsp3) is 0.222. The molecular weight excluding hydrogens is 157 g/mol. The van der Waals surface area contributed by atoms with E-state index in [1.54, 1.807) is 6.07 Å². The number of fused-ring (bicyclic) bond motifs is 1. The molecule has 0 saturated heterocycles. The molecule has 1 aromatic carbocycles. The summed E-state index contributed by atoms with van der Waals surface area (Å²) in [6, 6.07) is 4.44. The summed E-state index contributed by atoms with van der Waals surface area (Å²) in [5.74, 6) is -0.291. The van der Waals surface area contributed by atoms with Crippen molar-refractivity contribution in [1.29, 1.82) is 5.41 Å². The molecule has 0 radical (unpaired) electrons. The first-order valence-corrected chi connectivity index (χ1v) is 3.71. The Labute approximate surface area is 69.5 Å². The smallest absolute Gasteiger partial charge is 0.123 e. The van der Waals surface area contributed by atoms with Gasteiger partial charge < -0.3 is 10.1 Å². The number of nitrogens with one attached hydrogen (secondary N) is 1. The molecule has 1 heterocycles. The first kappa shape index (κ1) is 7.43. The minimum Gasteiger partial charge on any atom is -0.370 e. The summed E-state index contributed by atoms with van der Waals surface area (Å²) < 4.78 is 17.8. The molecule has 62 valence electrons. The predicted octanol–water partition coefficient (Wildman–Crippen LogP) is 1.72. The number of hydrogen-bond donors (Lipinski definition) is 1. The highest BCUT2D eigenvalue weighted by molar-refractivity contribution is 6.01. The molecule has 0 atom stereocenters. The predicted molar refractivity (Wildman–Crippen MR) is 42.9 cm³/mol. The highest BCUT2D eigenvalue weighted by Crippen LogP contribution is 2.17. The minimum atomic E-state index is -0.291. The molecule has 0 aliphatic carbocycles. The topological polar surface area (TPSA) is 33.1 Å². The van der Waals surface area contributed by atoms with Crippen molar-refractivity contribution in [1.82, 2.24) is 0 Å². The maximum atomic E-state index is 12.7. The van der Waals surface area contributed by atoms with Crippen molar-refractivity contribution in [3.63, 3.8) is 0 Å². The first-order chi connectivity index (χ1) is 5.77. The average Bonchev–Trinajstić information content (AvgIpc) is 2.07. The summed E-state index contributed by atoms with van der Waals surface area (Å²) in [5.41, 5.74) is 1.93. The Kier molecular flexibility index (Phi) is 1.66. The van der Waals surface area contributed by atoms with E-state index >= 15 is 0 Å². The molecule has 0 aromatic heterocycles. The molecule has 12 heavy (non-hydrogen) atoms. The third kappa shape index (κ3) is 1.12. The maximum absolute atomic E-state index is 12.7. The second-order valence-corrected chi connectivity index (χ2v) is 2.77. The Balaban J connectivity index is 2.54. The molecule has 0 bridgehead atoms. The zero-order valence-electron chi connectivity index (χ0n) is 6.43. The van der Waals surface area contributed by atoms with E-state index in [2.05, 4.69) is 0 Å². The Hall–Kier alpha value is -1.22. The van der Waals surface area contributed by atoms with Gasteiger partial charge in [0.25, 0.3) is 0 Å². The van der Waals surface area contributed by atoms with Gasteiger partial charge >= 0.3 is 0 Å². The van der Waals surface area contributed by atoms with Gasteiger partial charge in [0.2, 0.25) is 0 Å². The van der Waals surface area contributed by atoms with Crippen molar-refractivity contribution < 1.29 is 9.13 Å². The van der Waals surface area contributed by atoms with Crippen LogP contribution in [0.1, 0.15) is 11.1 Å². The Morgan fingerprint density at radius 3 is 3.00 bits per heavy atom. The van der Waals surface area contributed by atoms with Crippen LogP contribution in [0.15, 0.2) is 18.2 Å². The second kappa shape index (κ2) is 2.68. The van der Waals surface area contributed by atoms with Gasteiger partial charge in [-0.25, -0.2) is 4.39 Å². The van der Waals surface area contributed by atoms with E-state index in [-0.39, 0.29) is 12.4 Å².